The minimum Gasteiger partial charge on any atom is -0.498 e. The van der Waals surface area contributed by atoms with E-state index in [0.29, 0.717) is 57.8 Å². The van der Waals surface area contributed by atoms with Gasteiger partial charge in [0.1, 0.15) is 11.3 Å². The van der Waals surface area contributed by atoms with Crippen LogP contribution >= 0.6 is 23.2 Å². The number of carbonyl (C=O) groups is 1. The molecule has 2 aliphatic rings. The number of benzene rings is 2. The lowest BCUT2D eigenvalue weighted by atomic mass is 9.85. The van der Waals surface area contributed by atoms with Gasteiger partial charge >= 0.3 is 0 Å². The van der Waals surface area contributed by atoms with Gasteiger partial charge in [-0.05, 0) is 60.2 Å². The number of hydrogen-bond acceptors (Lipinski definition) is 5. The van der Waals surface area contributed by atoms with Gasteiger partial charge < -0.3 is 9.64 Å². The highest BCUT2D eigenvalue weighted by molar-refractivity contribution is 6.35. The molecule has 7 nitrogen and oxygen atoms in total. The zero-order chi connectivity index (χ0) is 27.0. The number of amides is 1. The van der Waals surface area contributed by atoms with Crippen LogP contribution in [0.1, 0.15) is 55.1 Å². The van der Waals surface area contributed by atoms with Crippen LogP contribution < -0.4 is 0 Å². The third kappa shape index (κ3) is 4.79. The summed E-state index contributed by atoms with van der Waals surface area (Å²) in [4.78, 5) is 15.9. The van der Waals surface area contributed by atoms with Gasteiger partial charge in [-0.15, -0.1) is 5.10 Å². The van der Waals surface area contributed by atoms with E-state index in [1.807, 2.05) is 27.9 Å². The van der Waals surface area contributed by atoms with Gasteiger partial charge in [-0.1, -0.05) is 54.4 Å². The third-order valence-corrected chi connectivity index (χ3v) is 7.87. The summed E-state index contributed by atoms with van der Waals surface area (Å²) < 4.78 is 7.94. The van der Waals surface area contributed by atoms with E-state index in [0.717, 1.165) is 24.1 Å². The van der Waals surface area contributed by atoms with E-state index in [1.165, 1.54) is 0 Å². The summed E-state index contributed by atoms with van der Waals surface area (Å²) in [6.45, 7) is 4.85. The van der Waals surface area contributed by atoms with E-state index < -0.39 is 5.54 Å². The van der Waals surface area contributed by atoms with Crippen molar-refractivity contribution in [3.05, 3.63) is 86.9 Å². The second-order valence-electron chi connectivity index (χ2n) is 10.5. The van der Waals surface area contributed by atoms with Crippen molar-refractivity contribution >= 4 is 34.7 Å². The molecule has 0 N–H and O–H groups in total. The summed E-state index contributed by atoms with van der Waals surface area (Å²) in [6.07, 6.45) is 5.04. The Hall–Kier alpha value is -3.34. The van der Waals surface area contributed by atoms with Gasteiger partial charge in [0.05, 0.1) is 36.1 Å². The van der Waals surface area contributed by atoms with Gasteiger partial charge in [0.2, 0.25) is 0 Å². The molecule has 196 valence electrons. The Morgan fingerprint density at radius 3 is 2.53 bits per heavy atom. The molecule has 0 saturated carbocycles. The number of aryl methyl sites for hydroxylation is 1. The number of halogens is 2. The van der Waals surface area contributed by atoms with Crippen molar-refractivity contribution in [3.8, 4) is 6.07 Å². The minimum absolute atomic E-state index is 0.0627. The molecule has 1 saturated heterocycles. The van der Waals surface area contributed by atoms with E-state index >= 15 is 0 Å². The normalized spacial score (nSPS) is 20.8. The number of nitrogens with zero attached hydrogens (tertiary/aromatic N) is 5. The Bertz CT molecular complexity index is 1420. The van der Waals surface area contributed by atoms with E-state index in [2.05, 4.69) is 30.2 Å². The molecule has 2 aromatic carbocycles. The van der Waals surface area contributed by atoms with Crippen molar-refractivity contribution in [2.75, 3.05) is 13.7 Å². The summed E-state index contributed by atoms with van der Waals surface area (Å²) in [6, 6.07) is 14.7. The highest BCUT2D eigenvalue weighted by Gasteiger charge is 2.58. The lowest BCUT2D eigenvalue weighted by Crippen LogP contribution is -2.45. The van der Waals surface area contributed by atoms with Crippen LogP contribution in [-0.2, 0) is 22.4 Å². The van der Waals surface area contributed by atoms with Gasteiger partial charge in [0, 0.05) is 35.6 Å². The zero-order valence-corrected chi connectivity index (χ0v) is 23.1. The van der Waals surface area contributed by atoms with Crippen LogP contribution in [0.25, 0.3) is 5.57 Å². The molecule has 0 radical (unpaired) electrons. The van der Waals surface area contributed by atoms with Crippen molar-refractivity contribution in [3.63, 3.8) is 0 Å². The smallest absolute Gasteiger partial charge is 0.258 e. The largest absolute Gasteiger partial charge is 0.498 e. The molecule has 38 heavy (non-hydrogen) atoms. The van der Waals surface area contributed by atoms with Crippen molar-refractivity contribution in [1.82, 2.24) is 19.9 Å². The van der Waals surface area contributed by atoms with E-state index in [9.17, 15) is 10.1 Å². The van der Waals surface area contributed by atoms with E-state index in [4.69, 9.17) is 27.9 Å². The molecule has 2 atom stereocenters. The fraction of sp³-hybridized carbons (Fsp3) is 0.379. The Balaban J connectivity index is 1.57. The molecule has 5 rings (SSSR count). The standard InChI is InChI=1S/C29H29Cl2N5O2/c1-18(2)4-9-24-16-36(34-33-24)25-14-29(13-19-5-7-20(15-32)8-6-19)27(38-3)26(28(37)35(29)17-25)21-10-22(30)12-23(31)11-21/h5-8,10-12,16,18,25H,4,9,13-14,17H2,1-3H3/t25-,29?/m0/s1. The fourth-order valence-corrected chi connectivity index (χ4v) is 6.18. The molecule has 3 aromatic rings. The Morgan fingerprint density at radius 2 is 1.89 bits per heavy atom. The number of rotatable bonds is 8. The molecule has 9 heteroatoms. The lowest BCUT2D eigenvalue weighted by molar-refractivity contribution is -0.126. The minimum atomic E-state index is -0.737. The van der Waals surface area contributed by atoms with Crippen LogP contribution in [0.5, 0.6) is 0 Å². The average molecular weight is 550 g/mol. The number of methoxy groups -OCH3 is 1. The molecule has 2 aliphatic heterocycles. The first-order valence-electron chi connectivity index (χ1n) is 12.7. The van der Waals surface area contributed by atoms with Gasteiger partial charge in [-0.25, -0.2) is 4.68 Å². The third-order valence-electron chi connectivity index (χ3n) is 7.44. The van der Waals surface area contributed by atoms with Crippen LogP contribution in [0.15, 0.2) is 54.4 Å². The number of ether oxygens (including phenoxy) is 1. The molecule has 3 heterocycles. The van der Waals surface area contributed by atoms with Gasteiger partial charge in [0.25, 0.3) is 5.91 Å². The molecule has 1 aromatic heterocycles. The van der Waals surface area contributed by atoms with Crippen molar-refractivity contribution in [1.29, 1.82) is 5.26 Å². The van der Waals surface area contributed by atoms with Crippen LogP contribution in [-0.4, -0.2) is 45.0 Å². The second kappa shape index (κ2) is 10.4. The molecular formula is C29H29Cl2N5O2. The van der Waals surface area contributed by atoms with Gasteiger partial charge in [0.15, 0.2) is 0 Å². The number of nitriles is 1. The molecule has 1 amide bonds. The molecule has 0 spiro atoms. The SMILES string of the molecule is COC1=C(c2cc(Cl)cc(Cl)c2)C(=O)N2C[C@@H](n3cc(CCC(C)C)nn3)CC12Cc1ccc(C#N)cc1. The fourth-order valence-electron chi connectivity index (χ4n) is 5.65. The number of carbonyl (C=O) groups excluding carboxylic acids is 1. The topological polar surface area (TPSA) is 84.0 Å². The van der Waals surface area contributed by atoms with Crippen LogP contribution in [0.4, 0.5) is 0 Å². The predicted octanol–water partition coefficient (Wildman–Crippen LogP) is 5.87. The van der Waals surface area contributed by atoms with Crippen molar-refractivity contribution < 1.29 is 9.53 Å². The molecule has 1 fully saturated rings. The lowest BCUT2D eigenvalue weighted by Gasteiger charge is -2.34. The highest BCUT2D eigenvalue weighted by Crippen LogP contribution is 2.51. The Labute approximate surface area is 232 Å². The summed E-state index contributed by atoms with van der Waals surface area (Å²) in [7, 11) is 1.60. The first kappa shape index (κ1) is 26.3. The van der Waals surface area contributed by atoms with Gasteiger partial charge in [-0.3, -0.25) is 4.79 Å². The molecular weight excluding hydrogens is 521 g/mol. The maximum Gasteiger partial charge on any atom is 0.258 e. The first-order chi connectivity index (χ1) is 18.2. The number of fused-ring (bicyclic) bond motifs is 1. The Morgan fingerprint density at radius 1 is 1.18 bits per heavy atom. The van der Waals surface area contributed by atoms with Crippen LogP contribution in [0, 0.1) is 17.2 Å². The maximum atomic E-state index is 14.0. The molecule has 1 unspecified atom stereocenters. The summed E-state index contributed by atoms with van der Waals surface area (Å²) in [5, 5.41) is 19.0. The summed E-state index contributed by atoms with van der Waals surface area (Å²) in [5.74, 6) is 1.04. The quantitative estimate of drug-likeness (QED) is 0.350. The van der Waals surface area contributed by atoms with E-state index in [-0.39, 0.29) is 11.9 Å². The number of hydrogen-bond donors (Lipinski definition) is 0. The second-order valence-corrected chi connectivity index (χ2v) is 11.4. The molecule has 0 aliphatic carbocycles. The number of aromatic nitrogens is 3. The van der Waals surface area contributed by atoms with Crippen LogP contribution in [0.2, 0.25) is 10.0 Å². The monoisotopic (exact) mass is 549 g/mol. The first-order valence-corrected chi connectivity index (χ1v) is 13.5. The molecule has 0 bridgehead atoms. The summed E-state index contributed by atoms with van der Waals surface area (Å²) in [5.41, 5.74) is 2.90. The maximum absolute atomic E-state index is 14.0. The zero-order valence-electron chi connectivity index (χ0n) is 21.6. The van der Waals surface area contributed by atoms with E-state index in [1.54, 1.807) is 37.4 Å². The predicted molar refractivity (Wildman–Crippen MR) is 147 cm³/mol. The van der Waals surface area contributed by atoms with Gasteiger partial charge in [-0.2, -0.15) is 5.26 Å². The average Bonchev–Trinajstić information content (AvgIpc) is 3.55. The Kier molecular flexibility index (Phi) is 7.21. The van der Waals surface area contributed by atoms with Crippen LogP contribution in [0.3, 0.4) is 0 Å². The van der Waals surface area contributed by atoms with Crippen molar-refractivity contribution in [2.24, 2.45) is 5.92 Å². The van der Waals surface area contributed by atoms with Crippen molar-refractivity contribution in [2.45, 2.75) is 51.1 Å². The summed E-state index contributed by atoms with van der Waals surface area (Å²) >= 11 is 12.6. The highest BCUT2D eigenvalue weighted by atomic mass is 35.5.